The van der Waals surface area contributed by atoms with E-state index in [0.717, 1.165) is 19.4 Å². The Labute approximate surface area is 119 Å². The minimum absolute atomic E-state index is 0.311. The molecule has 1 fully saturated rings. The lowest BCUT2D eigenvalue weighted by molar-refractivity contribution is 0.0772. The summed E-state index contributed by atoms with van der Waals surface area (Å²) < 4.78 is 2.26. The molecular weight excluding hydrogens is 248 g/mol. The molecule has 1 aliphatic heterocycles. The first-order valence-electron chi connectivity index (χ1n) is 7.57. The summed E-state index contributed by atoms with van der Waals surface area (Å²) in [4.78, 5) is 2.46. The second-order valence-corrected chi connectivity index (χ2v) is 6.61. The Morgan fingerprint density at radius 1 is 1.30 bits per heavy atom. The summed E-state index contributed by atoms with van der Waals surface area (Å²) in [5, 5.41) is 11.0. The second kappa shape index (κ2) is 4.34. The van der Waals surface area contributed by atoms with Crippen molar-refractivity contribution in [3.8, 4) is 0 Å². The molecule has 2 heterocycles. The van der Waals surface area contributed by atoms with Crippen molar-refractivity contribution in [3.05, 3.63) is 35.5 Å². The van der Waals surface area contributed by atoms with Gasteiger partial charge < -0.3 is 14.6 Å². The van der Waals surface area contributed by atoms with Crippen LogP contribution in [0.15, 0.2) is 24.4 Å². The number of piperidine rings is 1. The quantitative estimate of drug-likeness (QED) is 0.860. The fourth-order valence-electron chi connectivity index (χ4n) is 4.46. The standard InChI is InChI=1S/C17H22N2O/c1-18-8-11(10-20)6-14-13-4-3-5-15-17(13)12(7-16(14)18)9-19(15)2/h3-5,9,11,14,16,20H,6-8,10H2,1-2H3/t11-,14-,16-/m1/s1. The number of hydrogen-bond donors (Lipinski definition) is 1. The lowest BCUT2D eigenvalue weighted by Gasteiger charge is -2.45. The maximum absolute atomic E-state index is 9.56. The summed E-state index contributed by atoms with van der Waals surface area (Å²) >= 11 is 0. The number of likely N-dealkylation sites (N-methyl/N-ethyl adjacent to an activating group) is 1. The van der Waals surface area contributed by atoms with Crippen LogP contribution in [0.2, 0.25) is 0 Å². The topological polar surface area (TPSA) is 28.4 Å². The zero-order chi connectivity index (χ0) is 13.9. The molecule has 2 aliphatic rings. The number of rotatable bonds is 1. The molecule has 1 aromatic carbocycles. The van der Waals surface area contributed by atoms with Crippen LogP contribution >= 0.6 is 0 Å². The number of nitrogens with zero attached hydrogens (tertiary/aromatic N) is 2. The third kappa shape index (κ3) is 1.60. The van der Waals surface area contributed by atoms with Crippen LogP contribution in [0.25, 0.3) is 10.9 Å². The summed E-state index contributed by atoms with van der Waals surface area (Å²) in [6, 6.07) is 7.31. The molecule has 0 spiro atoms. The van der Waals surface area contributed by atoms with Crippen LogP contribution in [0.1, 0.15) is 23.5 Å². The highest BCUT2D eigenvalue weighted by Gasteiger charge is 2.39. The maximum atomic E-state index is 9.56. The minimum Gasteiger partial charge on any atom is -0.396 e. The van der Waals surface area contributed by atoms with Crippen molar-refractivity contribution < 1.29 is 5.11 Å². The SMILES string of the molecule is CN1C[C@H](CO)C[C@@H]2c3cccc4c3c(cn4C)C[C@H]21. The fraction of sp³-hybridized carbons (Fsp3) is 0.529. The molecule has 0 radical (unpaired) electrons. The Bertz CT molecular complexity index is 660. The van der Waals surface area contributed by atoms with E-state index >= 15 is 0 Å². The van der Waals surface area contributed by atoms with Crippen LogP contribution in [0, 0.1) is 5.92 Å². The van der Waals surface area contributed by atoms with Gasteiger partial charge in [0.1, 0.15) is 0 Å². The Hall–Kier alpha value is -1.32. The minimum atomic E-state index is 0.311. The number of aliphatic hydroxyl groups excluding tert-OH is 1. The lowest BCUT2D eigenvalue weighted by Crippen LogP contribution is -2.48. The molecule has 4 rings (SSSR count). The summed E-state index contributed by atoms with van der Waals surface area (Å²) in [5.74, 6) is 0.992. The molecule has 0 bridgehead atoms. The number of fused-ring (bicyclic) bond motifs is 2. The van der Waals surface area contributed by atoms with Gasteiger partial charge in [0.2, 0.25) is 0 Å². The van der Waals surface area contributed by atoms with Crippen molar-refractivity contribution >= 4 is 10.9 Å². The molecule has 3 nitrogen and oxygen atoms in total. The number of benzene rings is 1. The molecule has 1 aromatic heterocycles. The highest BCUT2D eigenvalue weighted by Crippen LogP contribution is 2.44. The number of aliphatic hydroxyl groups is 1. The number of hydrogen-bond acceptors (Lipinski definition) is 2. The third-order valence-electron chi connectivity index (χ3n) is 5.38. The van der Waals surface area contributed by atoms with Gasteiger partial charge in [0, 0.05) is 49.3 Å². The summed E-state index contributed by atoms with van der Waals surface area (Å²) in [5.41, 5.74) is 4.35. The van der Waals surface area contributed by atoms with E-state index in [1.54, 1.807) is 0 Å². The van der Waals surface area contributed by atoms with Crippen LogP contribution in [-0.4, -0.2) is 40.8 Å². The van der Waals surface area contributed by atoms with Crippen molar-refractivity contribution in [2.45, 2.75) is 24.8 Å². The van der Waals surface area contributed by atoms with Gasteiger partial charge in [-0.2, -0.15) is 0 Å². The molecule has 0 saturated carbocycles. The first-order chi connectivity index (χ1) is 9.69. The second-order valence-electron chi connectivity index (χ2n) is 6.61. The van der Waals surface area contributed by atoms with Crippen molar-refractivity contribution in [3.63, 3.8) is 0 Å². The van der Waals surface area contributed by atoms with E-state index in [4.69, 9.17) is 0 Å². The normalized spacial score (nSPS) is 29.6. The zero-order valence-electron chi connectivity index (χ0n) is 12.2. The summed E-state index contributed by atoms with van der Waals surface area (Å²) in [7, 11) is 4.36. The Morgan fingerprint density at radius 2 is 2.15 bits per heavy atom. The molecule has 1 N–H and O–H groups in total. The van der Waals surface area contributed by atoms with Crippen molar-refractivity contribution in [1.29, 1.82) is 0 Å². The summed E-state index contributed by atoms with van der Waals surface area (Å²) in [6.45, 7) is 1.33. The fourth-order valence-corrected chi connectivity index (χ4v) is 4.46. The zero-order valence-corrected chi connectivity index (χ0v) is 12.2. The van der Waals surface area contributed by atoms with Crippen LogP contribution in [-0.2, 0) is 13.5 Å². The molecular formula is C17H22N2O. The van der Waals surface area contributed by atoms with Gasteiger partial charge in [-0.05, 0) is 43.0 Å². The van der Waals surface area contributed by atoms with E-state index in [0.29, 0.717) is 24.5 Å². The number of aryl methyl sites for hydroxylation is 1. The van der Waals surface area contributed by atoms with E-state index in [9.17, 15) is 5.11 Å². The largest absolute Gasteiger partial charge is 0.396 e. The van der Waals surface area contributed by atoms with Gasteiger partial charge in [0.05, 0.1) is 0 Å². The van der Waals surface area contributed by atoms with Crippen LogP contribution in [0.3, 0.4) is 0 Å². The molecule has 3 atom stereocenters. The van der Waals surface area contributed by atoms with Gasteiger partial charge in [-0.15, -0.1) is 0 Å². The van der Waals surface area contributed by atoms with Gasteiger partial charge in [0.25, 0.3) is 0 Å². The third-order valence-corrected chi connectivity index (χ3v) is 5.38. The predicted molar refractivity (Wildman–Crippen MR) is 81.0 cm³/mol. The van der Waals surface area contributed by atoms with E-state index in [1.807, 2.05) is 0 Å². The van der Waals surface area contributed by atoms with Gasteiger partial charge >= 0.3 is 0 Å². The average molecular weight is 270 g/mol. The van der Waals surface area contributed by atoms with Gasteiger partial charge in [-0.25, -0.2) is 0 Å². The van der Waals surface area contributed by atoms with Crippen molar-refractivity contribution in [2.24, 2.45) is 13.0 Å². The molecule has 1 aliphatic carbocycles. The Kier molecular flexibility index (Phi) is 2.69. The van der Waals surface area contributed by atoms with E-state index < -0.39 is 0 Å². The first kappa shape index (κ1) is 12.4. The number of likely N-dealkylation sites (tertiary alicyclic amines) is 1. The molecule has 1 saturated heterocycles. The van der Waals surface area contributed by atoms with Gasteiger partial charge in [-0.1, -0.05) is 12.1 Å². The highest BCUT2D eigenvalue weighted by atomic mass is 16.3. The van der Waals surface area contributed by atoms with Crippen LogP contribution in [0.5, 0.6) is 0 Å². The molecule has 3 heteroatoms. The maximum Gasteiger partial charge on any atom is 0.0483 e. The van der Waals surface area contributed by atoms with E-state index in [1.165, 1.54) is 22.0 Å². The molecule has 106 valence electrons. The molecule has 20 heavy (non-hydrogen) atoms. The van der Waals surface area contributed by atoms with Crippen LogP contribution < -0.4 is 0 Å². The van der Waals surface area contributed by atoms with Crippen molar-refractivity contribution in [2.75, 3.05) is 20.2 Å². The first-order valence-corrected chi connectivity index (χ1v) is 7.57. The lowest BCUT2D eigenvalue weighted by atomic mass is 9.72. The smallest absolute Gasteiger partial charge is 0.0483 e. The van der Waals surface area contributed by atoms with Crippen LogP contribution in [0.4, 0.5) is 0 Å². The van der Waals surface area contributed by atoms with Gasteiger partial charge in [0.15, 0.2) is 0 Å². The molecule has 0 unspecified atom stereocenters. The van der Waals surface area contributed by atoms with E-state index in [2.05, 4.69) is 48.0 Å². The number of aromatic nitrogens is 1. The average Bonchev–Trinajstić information content (AvgIpc) is 2.78. The van der Waals surface area contributed by atoms with Crippen molar-refractivity contribution in [1.82, 2.24) is 9.47 Å². The van der Waals surface area contributed by atoms with Gasteiger partial charge in [-0.3, -0.25) is 0 Å². The molecule has 0 amide bonds. The Balaban J connectivity index is 1.89. The Morgan fingerprint density at radius 3 is 2.95 bits per heavy atom. The van der Waals surface area contributed by atoms with E-state index in [-0.39, 0.29) is 0 Å². The highest BCUT2D eigenvalue weighted by molar-refractivity contribution is 5.89. The summed E-state index contributed by atoms with van der Waals surface area (Å²) in [6.07, 6.45) is 4.57. The predicted octanol–water partition coefficient (Wildman–Crippen LogP) is 2.13. The monoisotopic (exact) mass is 270 g/mol. The molecule has 2 aromatic rings.